The molecule has 0 unspecified atom stereocenters. The Labute approximate surface area is 101 Å². The van der Waals surface area contributed by atoms with E-state index in [4.69, 9.17) is 4.74 Å². The van der Waals surface area contributed by atoms with Crippen molar-refractivity contribution >= 4 is 0 Å². The topological polar surface area (TPSA) is 21.3 Å². The molecule has 0 aromatic carbocycles. The van der Waals surface area contributed by atoms with Gasteiger partial charge in [-0.05, 0) is 51.0 Å². The average molecular weight is 227 g/mol. The lowest BCUT2D eigenvalue weighted by Crippen LogP contribution is -2.34. The molecule has 0 bridgehead atoms. The molecule has 96 valence electrons. The van der Waals surface area contributed by atoms with Crippen molar-refractivity contribution in [3.63, 3.8) is 0 Å². The Morgan fingerprint density at radius 3 is 2.44 bits per heavy atom. The summed E-state index contributed by atoms with van der Waals surface area (Å²) >= 11 is 0. The zero-order valence-electron chi connectivity index (χ0n) is 11.1. The molecule has 0 aliphatic heterocycles. The minimum Gasteiger partial charge on any atom is -0.381 e. The second kappa shape index (κ2) is 9.00. The van der Waals surface area contributed by atoms with Crippen molar-refractivity contribution in [3.05, 3.63) is 0 Å². The molecule has 0 amide bonds. The van der Waals surface area contributed by atoms with Gasteiger partial charge in [-0.1, -0.05) is 20.3 Å². The quantitative estimate of drug-likeness (QED) is 0.642. The van der Waals surface area contributed by atoms with Crippen molar-refractivity contribution in [2.75, 3.05) is 19.8 Å². The van der Waals surface area contributed by atoms with Crippen LogP contribution in [-0.4, -0.2) is 25.8 Å². The fourth-order valence-corrected chi connectivity index (χ4v) is 2.50. The van der Waals surface area contributed by atoms with Crippen LogP contribution in [0.4, 0.5) is 0 Å². The van der Waals surface area contributed by atoms with Crippen molar-refractivity contribution in [3.8, 4) is 0 Å². The molecule has 0 aromatic rings. The zero-order chi connectivity index (χ0) is 11.6. The Balaban J connectivity index is 1.90. The van der Waals surface area contributed by atoms with Crippen LogP contribution in [0.5, 0.6) is 0 Å². The summed E-state index contributed by atoms with van der Waals surface area (Å²) in [4.78, 5) is 0. The molecule has 0 atom stereocenters. The maximum absolute atomic E-state index is 5.47. The molecule has 1 fully saturated rings. The summed E-state index contributed by atoms with van der Waals surface area (Å²) < 4.78 is 5.47. The van der Waals surface area contributed by atoms with Crippen molar-refractivity contribution in [1.82, 2.24) is 5.32 Å². The molecule has 1 saturated carbocycles. The van der Waals surface area contributed by atoms with Gasteiger partial charge >= 0.3 is 0 Å². The van der Waals surface area contributed by atoms with Crippen LogP contribution in [-0.2, 0) is 4.74 Å². The molecule has 0 aromatic heterocycles. The third-order valence-electron chi connectivity index (χ3n) is 3.67. The van der Waals surface area contributed by atoms with Crippen molar-refractivity contribution in [2.24, 2.45) is 5.92 Å². The number of rotatable bonds is 8. The predicted octanol–water partition coefficient (Wildman–Crippen LogP) is 3.36. The molecule has 0 heterocycles. The first kappa shape index (κ1) is 14.0. The lowest BCUT2D eigenvalue weighted by Gasteiger charge is -2.28. The van der Waals surface area contributed by atoms with E-state index < -0.39 is 0 Å². The van der Waals surface area contributed by atoms with Crippen LogP contribution in [0.15, 0.2) is 0 Å². The average Bonchev–Trinajstić information content (AvgIpc) is 2.34. The minimum atomic E-state index is 0.786. The molecule has 1 N–H and O–H groups in total. The van der Waals surface area contributed by atoms with Crippen LogP contribution < -0.4 is 5.32 Å². The normalized spacial score (nSPS) is 25.9. The van der Waals surface area contributed by atoms with E-state index in [9.17, 15) is 0 Å². The lowest BCUT2D eigenvalue weighted by molar-refractivity contribution is 0.131. The Morgan fingerprint density at radius 2 is 1.81 bits per heavy atom. The van der Waals surface area contributed by atoms with Gasteiger partial charge in [-0.2, -0.15) is 0 Å². The highest BCUT2D eigenvalue weighted by Gasteiger charge is 2.18. The third kappa shape index (κ3) is 5.86. The van der Waals surface area contributed by atoms with Gasteiger partial charge in [0.2, 0.25) is 0 Å². The Bertz CT molecular complexity index is 153. The van der Waals surface area contributed by atoms with Crippen LogP contribution >= 0.6 is 0 Å². The predicted molar refractivity (Wildman–Crippen MR) is 69.8 cm³/mol. The number of ether oxygens (including phenoxy) is 1. The standard InChI is InChI=1S/C14H29NO/c1-3-11-16-12-5-10-15-14-8-6-13(4-2)7-9-14/h13-15H,3-12H2,1-2H3. The van der Waals surface area contributed by atoms with E-state index in [1.165, 1.54) is 32.1 Å². The molecular weight excluding hydrogens is 198 g/mol. The van der Waals surface area contributed by atoms with E-state index in [1.807, 2.05) is 0 Å². The molecule has 1 aliphatic carbocycles. The van der Waals surface area contributed by atoms with Gasteiger partial charge in [0.25, 0.3) is 0 Å². The first-order chi connectivity index (χ1) is 7.86. The molecule has 1 rings (SSSR count). The van der Waals surface area contributed by atoms with E-state index in [0.717, 1.165) is 44.6 Å². The number of nitrogens with one attached hydrogen (secondary N) is 1. The maximum atomic E-state index is 5.47. The van der Waals surface area contributed by atoms with Gasteiger partial charge in [0.15, 0.2) is 0 Å². The molecule has 2 nitrogen and oxygen atoms in total. The first-order valence-corrected chi connectivity index (χ1v) is 7.18. The van der Waals surface area contributed by atoms with Crippen LogP contribution in [0, 0.1) is 5.92 Å². The third-order valence-corrected chi connectivity index (χ3v) is 3.67. The SMILES string of the molecule is CCCOCCCNC1CCC(CC)CC1. The first-order valence-electron chi connectivity index (χ1n) is 7.18. The Kier molecular flexibility index (Phi) is 7.87. The summed E-state index contributed by atoms with van der Waals surface area (Å²) in [7, 11) is 0. The van der Waals surface area contributed by atoms with Gasteiger partial charge in [-0.3, -0.25) is 0 Å². The van der Waals surface area contributed by atoms with E-state index in [-0.39, 0.29) is 0 Å². The summed E-state index contributed by atoms with van der Waals surface area (Å²) in [6.45, 7) is 7.45. The van der Waals surface area contributed by atoms with Gasteiger partial charge in [0.05, 0.1) is 0 Å². The molecular formula is C14H29NO. The number of hydrogen-bond donors (Lipinski definition) is 1. The summed E-state index contributed by atoms with van der Waals surface area (Å²) in [6, 6.07) is 0.786. The van der Waals surface area contributed by atoms with Gasteiger partial charge in [0, 0.05) is 19.3 Å². The second-order valence-electron chi connectivity index (χ2n) is 5.05. The van der Waals surface area contributed by atoms with Crippen LogP contribution in [0.25, 0.3) is 0 Å². The minimum absolute atomic E-state index is 0.786. The highest BCUT2D eigenvalue weighted by Crippen LogP contribution is 2.26. The van der Waals surface area contributed by atoms with Crippen molar-refractivity contribution in [2.45, 2.75) is 64.8 Å². The van der Waals surface area contributed by atoms with Crippen LogP contribution in [0.1, 0.15) is 58.8 Å². The van der Waals surface area contributed by atoms with Gasteiger partial charge in [-0.15, -0.1) is 0 Å². The van der Waals surface area contributed by atoms with E-state index in [2.05, 4.69) is 19.2 Å². The Morgan fingerprint density at radius 1 is 1.06 bits per heavy atom. The largest absolute Gasteiger partial charge is 0.381 e. The molecule has 16 heavy (non-hydrogen) atoms. The summed E-state index contributed by atoms with van der Waals surface area (Å²) in [6.07, 6.45) is 9.30. The lowest BCUT2D eigenvalue weighted by atomic mass is 9.84. The monoisotopic (exact) mass is 227 g/mol. The molecule has 2 heteroatoms. The van der Waals surface area contributed by atoms with Gasteiger partial charge in [-0.25, -0.2) is 0 Å². The van der Waals surface area contributed by atoms with E-state index >= 15 is 0 Å². The fraction of sp³-hybridized carbons (Fsp3) is 1.00. The molecule has 1 aliphatic rings. The van der Waals surface area contributed by atoms with E-state index in [0.29, 0.717) is 0 Å². The Hall–Kier alpha value is -0.0800. The highest BCUT2D eigenvalue weighted by molar-refractivity contribution is 4.76. The smallest absolute Gasteiger partial charge is 0.0478 e. The number of hydrogen-bond acceptors (Lipinski definition) is 2. The maximum Gasteiger partial charge on any atom is 0.0478 e. The summed E-state index contributed by atoms with van der Waals surface area (Å²) in [5.74, 6) is 1.01. The van der Waals surface area contributed by atoms with Crippen molar-refractivity contribution in [1.29, 1.82) is 0 Å². The van der Waals surface area contributed by atoms with Gasteiger partial charge in [0.1, 0.15) is 0 Å². The fourth-order valence-electron chi connectivity index (χ4n) is 2.50. The van der Waals surface area contributed by atoms with E-state index in [1.54, 1.807) is 0 Å². The van der Waals surface area contributed by atoms with Gasteiger partial charge < -0.3 is 10.1 Å². The van der Waals surface area contributed by atoms with Crippen molar-refractivity contribution < 1.29 is 4.74 Å². The highest BCUT2D eigenvalue weighted by atomic mass is 16.5. The molecule has 0 spiro atoms. The van der Waals surface area contributed by atoms with Crippen LogP contribution in [0.3, 0.4) is 0 Å². The summed E-state index contributed by atoms with van der Waals surface area (Å²) in [5, 5.41) is 3.66. The van der Waals surface area contributed by atoms with Crippen LogP contribution in [0.2, 0.25) is 0 Å². The summed E-state index contributed by atoms with van der Waals surface area (Å²) in [5.41, 5.74) is 0. The zero-order valence-corrected chi connectivity index (χ0v) is 11.1. The molecule has 0 saturated heterocycles. The molecule has 0 radical (unpaired) electrons. The second-order valence-corrected chi connectivity index (χ2v) is 5.05.